The molecule has 26 heavy (non-hydrogen) atoms. The van der Waals surface area contributed by atoms with E-state index in [0.29, 0.717) is 5.41 Å². The fraction of sp³-hybridized carbons (Fsp3) is 1.00. The molecule has 2 heteroatoms. The number of hydrogen-bond donors (Lipinski definition) is 2. The second kappa shape index (κ2) is 6.21. The first-order valence-corrected chi connectivity index (χ1v) is 12.2. The van der Waals surface area contributed by atoms with Crippen LogP contribution in [0, 0.1) is 40.9 Å². The van der Waals surface area contributed by atoms with Gasteiger partial charge in [0.15, 0.2) is 0 Å². The average molecular weight is 357 g/mol. The van der Waals surface area contributed by atoms with E-state index in [9.17, 15) is 0 Å². The zero-order chi connectivity index (χ0) is 17.3. The minimum atomic E-state index is 0.696. The molecule has 0 amide bonds. The van der Waals surface area contributed by atoms with Crippen molar-refractivity contribution in [2.45, 2.75) is 102 Å². The largest absolute Gasteiger partial charge is 0.312 e. The first-order valence-electron chi connectivity index (χ1n) is 12.2. The molecule has 1 heterocycles. The van der Waals surface area contributed by atoms with Crippen molar-refractivity contribution in [2.24, 2.45) is 40.9 Å². The summed E-state index contributed by atoms with van der Waals surface area (Å²) in [6.45, 7) is 3.84. The van der Waals surface area contributed by atoms with Gasteiger partial charge < -0.3 is 10.6 Å². The number of rotatable bonds is 3. The summed E-state index contributed by atoms with van der Waals surface area (Å²) in [4.78, 5) is 0. The normalized spacial score (nSPS) is 57.8. The second-order valence-electron chi connectivity index (χ2n) is 11.9. The van der Waals surface area contributed by atoms with Crippen molar-refractivity contribution in [1.82, 2.24) is 10.6 Å². The van der Waals surface area contributed by atoms with Crippen LogP contribution in [0.3, 0.4) is 0 Å². The van der Waals surface area contributed by atoms with E-state index in [0.717, 1.165) is 53.6 Å². The molecular formula is C24H40N2. The Labute approximate surface area is 160 Å². The first kappa shape index (κ1) is 16.8. The third kappa shape index (κ3) is 2.72. The van der Waals surface area contributed by atoms with Crippen LogP contribution >= 0.6 is 0 Å². The maximum Gasteiger partial charge on any atom is 0.0255 e. The monoisotopic (exact) mass is 356 g/mol. The number of hydrogen-bond acceptors (Lipinski definition) is 2. The topological polar surface area (TPSA) is 24.1 Å². The lowest BCUT2D eigenvalue weighted by Crippen LogP contribution is -2.56. The Balaban J connectivity index is 1.14. The maximum atomic E-state index is 4.21. The van der Waals surface area contributed by atoms with Crippen LogP contribution in [-0.4, -0.2) is 24.7 Å². The summed E-state index contributed by atoms with van der Waals surface area (Å²) < 4.78 is 0. The average Bonchev–Trinajstić information content (AvgIpc) is 2.97. The summed E-state index contributed by atoms with van der Waals surface area (Å²) in [5, 5.41) is 8.37. The van der Waals surface area contributed by atoms with E-state index < -0.39 is 0 Å². The van der Waals surface area contributed by atoms with E-state index in [1.165, 1.54) is 45.1 Å². The highest BCUT2D eigenvalue weighted by molar-refractivity contribution is 5.08. The van der Waals surface area contributed by atoms with E-state index in [2.05, 4.69) is 17.6 Å². The van der Waals surface area contributed by atoms with Gasteiger partial charge >= 0.3 is 0 Å². The molecule has 0 aromatic carbocycles. The summed E-state index contributed by atoms with van der Waals surface area (Å²) in [6, 6.07) is 2.41. The third-order valence-corrected chi connectivity index (χ3v) is 9.97. The Kier molecular flexibility index (Phi) is 4.02. The van der Waals surface area contributed by atoms with Gasteiger partial charge in [-0.3, -0.25) is 0 Å². The van der Waals surface area contributed by atoms with E-state index in [4.69, 9.17) is 0 Å². The lowest BCUT2D eigenvalue weighted by molar-refractivity contribution is -0.0536. The highest BCUT2D eigenvalue weighted by atomic mass is 15.1. The molecule has 4 bridgehead atoms. The van der Waals surface area contributed by atoms with Crippen molar-refractivity contribution in [3.05, 3.63) is 0 Å². The van der Waals surface area contributed by atoms with Crippen molar-refractivity contribution >= 4 is 0 Å². The van der Waals surface area contributed by atoms with E-state index >= 15 is 0 Å². The van der Waals surface area contributed by atoms with Gasteiger partial charge in [0.05, 0.1) is 0 Å². The van der Waals surface area contributed by atoms with Crippen LogP contribution in [0.25, 0.3) is 0 Å². The zero-order valence-corrected chi connectivity index (χ0v) is 16.9. The molecule has 6 aliphatic carbocycles. The van der Waals surface area contributed by atoms with Crippen molar-refractivity contribution in [3.63, 3.8) is 0 Å². The first-order chi connectivity index (χ1) is 12.7. The zero-order valence-electron chi connectivity index (χ0n) is 16.9. The maximum absolute atomic E-state index is 4.21. The van der Waals surface area contributed by atoms with Crippen molar-refractivity contribution in [1.29, 1.82) is 0 Å². The minimum absolute atomic E-state index is 0.696. The second-order valence-corrected chi connectivity index (χ2v) is 11.9. The molecule has 2 N–H and O–H groups in total. The molecule has 7 rings (SSSR count). The fourth-order valence-corrected chi connectivity index (χ4v) is 9.39. The van der Waals surface area contributed by atoms with Gasteiger partial charge in [0, 0.05) is 24.7 Å². The van der Waals surface area contributed by atoms with Gasteiger partial charge in [-0.1, -0.05) is 13.3 Å². The van der Waals surface area contributed by atoms with Crippen LogP contribution in [0.5, 0.6) is 0 Å². The van der Waals surface area contributed by atoms with Crippen molar-refractivity contribution in [2.75, 3.05) is 6.54 Å². The Hall–Kier alpha value is -0.0800. The van der Waals surface area contributed by atoms with Gasteiger partial charge in [-0.15, -0.1) is 0 Å². The van der Waals surface area contributed by atoms with Gasteiger partial charge in [-0.2, -0.15) is 0 Å². The quantitative estimate of drug-likeness (QED) is 0.763. The van der Waals surface area contributed by atoms with Crippen molar-refractivity contribution in [3.8, 4) is 0 Å². The van der Waals surface area contributed by atoms with E-state index in [-0.39, 0.29) is 0 Å². The smallest absolute Gasteiger partial charge is 0.0255 e. The Morgan fingerprint density at radius 1 is 0.846 bits per heavy atom. The molecule has 0 radical (unpaired) electrons. The molecule has 0 aromatic rings. The highest BCUT2D eigenvalue weighted by Crippen LogP contribution is 2.59. The molecule has 6 unspecified atom stereocenters. The standard InChI is InChI=1S/C24H40N2/c1-15-5-6-21-20(7-15)19-3-2-4-22(23(19)26-21)25-14-24-11-16-8-17(12-24)10-18(9-16)13-24/h15-23,25-26H,2-14H2,1H3. The van der Waals surface area contributed by atoms with Crippen LogP contribution in [0.2, 0.25) is 0 Å². The van der Waals surface area contributed by atoms with Gasteiger partial charge in [-0.05, 0) is 112 Å². The predicted molar refractivity (Wildman–Crippen MR) is 107 cm³/mol. The molecule has 0 spiro atoms. The molecule has 1 saturated heterocycles. The van der Waals surface area contributed by atoms with Gasteiger partial charge in [0.1, 0.15) is 0 Å². The number of nitrogens with one attached hydrogen (secondary N) is 2. The Morgan fingerprint density at radius 2 is 1.58 bits per heavy atom. The summed E-state index contributed by atoms with van der Waals surface area (Å²) in [5.41, 5.74) is 0.696. The van der Waals surface area contributed by atoms with E-state index in [1.54, 1.807) is 38.5 Å². The fourth-order valence-electron chi connectivity index (χ4n) is 9.39. The third-order valence-electron chi connectivity index (χ3n) is 9.97. The molecular weight excluding hydrogens is 316 g/mol. The number of fused-ring (bicyclic) bond motifs is 3. The molecule has 1 aliphatic heterocycles. The molecule has 0 aromatic heterocycles. The predicted octanol–water partition coefficient (Wildman–Crippen LogP) is 4.74. The molecule has 6 atom stereocenters. The summed E-state index contributed by atoms with van der Waals surface area (Å²) >= 11 is 0. The van der Waals surface area contributed by atoms with Crippen LogP contribution in [0.15, 0.2) is 0 Å². The molecule has 7 aliphatic rings. The molecule has 2 nitrogen and oxygen atoms in total. The summed E-state index contributed by atoms with van der Waals surface area (Å²) in [6.07, 6.45) is 18.2. The van der Waals surface area contributed by atoms with Crippen LogP contribution in [-0.2, 0) is 0 Å². The minimum Gasteiger partial charge on any atom is -0.312 e. The van der Waals surface area contributed by atoms with Crippen molar-refractivity contribution < 1.29 is 0 Å². The van der Waals surface area contributed by atoms with E-state index in [1.807, 2.05) is 0 Å². The van der Waals surface area contributed by atoms with Gasteiger partial charge in [0.2, 0.25) is 0 Å². The van der Waals surface area contributed by atoms with Gasteiger partial charge in [0.25, 0.3) is 0 Å². The highest BCUT2D eigenvalue weighted by Gasteiger charge is 2.52. The Bertz CT molecular complexity index is 507. The lowest BCUT2D eigenvalue weighted by atomic mass is 9.49. The van der Waals surface area contributed by atoms with Crippen LogP contribution in [0.4, 0.5) is 0 Å². The molecule has 146 valence electrons. The molecule has 6 saturated carbocycles. The summed E-state index contributed by atoms with van der Waals surface area (Å²) in [7, 11) is 0. The Morgan fingerprint density at radius 3 is 2.31 bits per heavy atom. The summed E-state index contributed by atoms with van der Waals surface area (Å²) in [5.74, 6) is 6.22. The SMILES string of the molecule is CC1CCC2NC3C(NCC45CC6CC(CC(C6)C4)C5)CCCC3C2C1. The molecule has 7 fully saturated rings. The van der Waals surface area contributed by atoms with Crippen LogP contribution < -0.4 is 10.6 Å². The lowest BCUT2D eigenvalue weighted by Gasteiger charge is -2.57. The van der Waals surface area contributed by atoms with Gasteiger partial charge in [-0.25, -0.2) is 0 Å². The van der Waals surface area contributed by atoms with Crippen LogP contribution in [0.1, 0.15) is 84.0 Å².